The van der Waals surface area contributed by atoms with E-state index in [0.29, 0.717) is 11.8 Å². The molecule has 104 valence electrons. The molecule has 3 N–H and O–H groups in total. The van der Waals surface area contributed by atoms with E-state index < -0.39 is 23.5 Å². The minimum atomic E-state index is -0.900. The van der Waals surface area contributed by atoms with Crippen LogP contribution in [0.15, 0.2) is 12.1 Å². The lowest BCUT2D eigenvalue weighted by atomic mass is 9.80. The number of hydrazine groups is 1. The van der Waals surface area contributed by atoms with Gasteiger partial charge in [0.2, 0.25) is 0 Å². The van der Waals surface area contributed by atoms with Crippen LogP contribution in [0, 0.1) is 35.2 Å². The van der Waals surface area contributed by atoms with Gasteiger partial charge in [-0.2, -0.15) is 0 Å². The quantitative estimate of drug-likeness (QED) is 0.654. The summed E-state index contributed by atoms with van der Waals surface area (Å²) in [6.45, 7) is 0. The van der Waals surface area contributed by atoms with Crippen LogP contribution < -0.4 is 11.3 Å². The van der Waals surface area contributed by atoms with Gasteiger partial charge in [0.1, 0.15) is 17.5 Å². The molecule has 2 bridgehead atoms. The zero-order valence-corrected chi connectivity index (χ0v) is 10.5. The highest BCUT2D eigenvalue weighted by Crippen LogP contribution is 2.52. The van der Waals surface area contributed by atoms with Crippen LogP contribution in [0.4, 0.5) is 13.2 Å². The summed E-state index contributed by atoms with van der Waals surface area (Å²) in [5, 5.41) is 0. The molecule has 2 aliphatic rings. The van der Waals surface area contributed by atoms with Crippen molar-refractivity contribution in [2.45, 2.75) is 31.7 Å². The van der Waals surface area contributed by atoms with E-state index in [9.17, 15) is 13.2 Å². The first-order chi connectivity index (χ1) is 9.10. The maximum Gasteiger partial charge on any atom is 0.133 e. The molecule has 2 aliphatic carbocycles. The van der Waals surface area contributed by atoms with E-state index >= 15 is 0 Å². The van der Waals surface area contributed by atoms with Crippen LogP contribution in [-0.4, -0.2) is 0 Å². The van der Waals surface area contributed by atoms with Gasteiger partial charge in [-0.05, 0) is 37.0 Å². The smallest absolute Gasteiger partial charge is 0.133 e. The third kappa shape index (κ3) is 2.15. The zero-order valence-electron chi connectivity index (χ0n) is 10.5. The molecule has 4 atom stereocenters. The van der Waals surface area contributed by atoms with Gasteiger partial charge >= 0.3 is 0 Å². The van der Waals surface area contributed by atoms with Crippen LogP contribution in [0.1, 0.15) is 37.3 Å². The summed E-state index contributed by atoms with van der Waals surface area (Å²) in [5.74, 6) is 4.15. The first-order valence-corrected chi connectivity index (χ1v) is 6.70. The fraction of sp³-hybridized carbons (Fsp3) is 0.571. The summed E-state index contributed by atoms with van der Waals surface area (Å²) in [7, 11) is 0. The Morgan fingerprint density at radius 3 is 2.26 bits per heavy atom. The van der Waals surface area contributed by atoms with E-state index in [0.717, 1.165) is 31.4 Å². The maximum absolute atomic E-state index is 13.9. The van der Waals surface area contributed by atoms with Gasteiger partial charge in [-0.1, -0.05) is 6.42 Å². The van der Waals surface area contributed by atoms with Crippen LogP contribution in [-0.2, 0) is 0 Å². The molecule has 2 saturated carbocycles. The molecule has 0 heterocycles. The van der Waals surface area contributed by atoms with Crippen LogP contribution in [0.5, 0.6) is 0 Å². The lowest BCUT2D eigenvalue weighted by molar-refractivity contribution is 0.242. The third-order valence-electron chi connectivity index (χ3n) is 4.76. The van der Waals surface area contributed by atoms with Gasteiger partial charge < -0.3 is 0 Å². The summed E-state index contributed by atoms with van der Waals surface area (Å²) in [4.78, 5) is 0. The highest BCUT2D eigenvalue weighted by Gasteiger charge is 2.44. The van der Waals surface area contributed by atoms with Crippen molar-refractivity contribution < 1.29 is 13.2 Å². The highest BCUT2D eigenvalue weighted by molar-refractivity contribution is 5.25. The SMILES string of the molecule is NNC(c1c(F)cc(F)cc1F)C1CC2CCC1C2. The number of fused-ring (bicyclic) bond motifs is 2. The maximum atomic E-state index is 13.9. The van der Waals surface area contributed by atoms with Crippen molar-refractivity contribution in [3.05, 3.63) is 35.1 Å². The highest BCUT2D eigenvalue weighted by atomic mass is 19.1. The predicted molar refractivity (Wildman–Crippen MR) is 65.3 cm³/mol. The van der Waals surface area contributed by atoms with Gasteiger partial charge in [0.05, 0.1) is 6.04 Å². The van der Waals surface area contributed by atoms with Crippen molar-refractivity contribution in [2.24, 2.45) is 23.6 Å². The number of halogens is 3. The van der Waals surface area contributed by atoms with Crippen molar-refractivity contribution in [1.29, 1.82) is 0 Å². The Morgan fingerprint density at radius 1 is 1.11 bits per heavy atom. The largest absolute Gasteiger partial charge is 0.271 e. The zero-order chi connectivity index (χ0) is 13.6. The van der Waals surface area contributed by atoms with Crippen LogP contribution >= 0.6 is 0 Å². The second kappa shape index (κ2) is 4.80. The molecule has 1 aromatic carbocycles. The lowest BCUT2D eigenvalue weighted by Gasteiger charge is -2.30. The molecule has 0 saturated heterocycles. The Bertz CT molecular complexity index is 469. The number of rotatable bonds is 3. The summed E-state index contributed by atoms with van der Waals surface area (Å²) in [5.41, 5.74) is 2.42. The molecule has 0 amide bonds. The van der Waals surface area contributed by atoms with Crippen LogP contribution in [0.2, 0.25) is 0 Å². The molecule has 5 heteroatoms. The van der Waals surface area contributed by atoms with Crippen LogP contribution in [0.25, 0.3) is 0 Å². The molecule has 0 aromatic heterocycles. The van der Waals surface area contributed by atoms with E-state index in [1.807, 2.05) is 0 Å². The molecule has 0 aliphatic heterocycles. The van der Waals surface area contributed by atoms with E-state index in [1.165, 1.54) is 6.42 Å². The first-order valence-electron chi connectivity index (χ1n) is 6.70. The van der Waals surface area contributed by atoms with Crippen molar-refractivity contribution in [1.82, 2.24) is 5.43 Å². The minimum absolute atomic E-state index is 0.124. The Balaban J connectivity index is 1.95. The van der Waals surface area contributed by atoms with E-state index in [2.05, 4.69) is 5.43 Å². The number of nitrogens with one attached hydrogen (secondary N) is 1. The van der Waals surface area contributed by atoms with Crippen molar-refractivity contribution in [3.8, 4) is 0 Å². The molecule has 0 spiro atoms. The van der Waals surface area contributed by atoms with Gasteiger partial charge in [0.15, 0.2) is 0 Å². The van der Waals surface area contributed by atoms with Crippen molar-refractivity contribution in [2.75, 3.05) is 0 Å². The summed E-state index contributed by atoms with van der Waals surface area (Å²) in [6.07, 6.45) is 4.36. The first kappa shape index (κ1) is 12.9. The Hall–Kier alpha value is -1.07. The Labute approximate surface area is 110 Å². The second-order valence-electron chi connectivity index (χ2n) is 5.77. The number of nitrogens with two attached hydrogens (primary N) is 1. The summed E-state index contributed by atoms with van der Waals surface area (Å²) >= 11 is 0. The van der Waals surface area contributed by atoms with Gasteiger partial charge in [-0.25, -0.2) is 13.2 Å². The molecule has 4 unspecified atom stereocenters. The molecule has 1 aromatic rings. The number of benzene rings is 1. The standard InChI is InChI=1S/C14H17F3N2/c15-9-5-11(16)13(12(17)6-9)14(19-18)10-4-7-1-2-8(10)3-7/h5-8,10,14,19H,1-4,18H2. The lowest BCUT2D eigenvalue weighted by Crippen LogP contribution is -2.37. The number of hydrogen-bond donors (Lipinski definition) is 2. The van der Waals surface area contributed by atoms with Gasteiger partial charge in [0, 0.05) is 17.7 Å². The van der Waals surface area contributed by atoms with Gasteiger partial charge in [-0.15, -0.1) is 0 Å². The molecule has 0 radical (unpaired) electrons. The molecule has 3 rings (SSSR count). The Morgan fingerprint density at radius 2 is 1.79 bits per heavy atom. The molecule has 2 fully saturated rings. The normalized spacial score (nSPS) is 30.8. The Kier molecular flexibility index (Phi) is 3.27. The minimum Gasteiger partial charge on any atom is -0.271 e. The monoisotopic (exact) mass is 270 g/mol. The molecule has 2 nitrogen and oxygen atoms in total. The van der Waals surface area contributed by atoms with E-state index in [-0.39, 0.29) is 11.5 Å². The predicted octanol–water partition coefficient (Wildman–Crippen LogP) is 3.04. The fourth-order valence-corrected chi connectivity index (χ4v) is 3.97. The van der Waals surface area contributed by atoms with E-state index in [1.54, 1.807) is 0 Å². The van der Waals surface area contributed by atoms with E-state index in [4.69, 9.17) is 5.84 Å². The number of hydrogen-bond acceptors (Lipinski definition) is 2. The summed E-state index contributed by atoms with van der Waals surface area (Å²) < 4.78 is 40.7. The fourth-order valence-electron chi connectivity index (χ4n) is 3.97. The van der Waals surface area contributed by atoms with Crippen LogP contribution in [0.3, 0.4) is 0 Å². The summed E-state index contributed by atoms with van der Waals surface area (Å²) in [6, 6.07) is 0.863. The van der Waals surface area contributed by atoms with Gasteiger partial charge in [-0.3, -0.25) is 11.3 Å². The van der Waals surface area contributed by atoms with Crippen molar-refractivity contribution in [3.63, 3.8) is 0 Å². The third-order valence-corrected chi connectivity index (χ3v) is 4.76. The average Bonchev–Trinajstić information content (AvgIpc) is 2.95. The van der Waals surface area contributed by atoms with Crippen molar-refractivity contribution >= 4 is 0 Å². The average molecular weight is 270 g/mol. The van der Waals surface area contributed by atoms with Gasteiger partial charge in [0.25, 0.3) is 0 Å². The second-order valence-corrected chi connectivity index (χ2v) is 5.77. The topological polar surface area (TPSA) is 38.0 Å². The molecule has 19 heavy (non-hydrogen) atoms. The molecular weight excluding hydrogens is 253 g/mol. The molecular formula is C14H17F3N2.